The molecule has 0 aliphatic heterocycles. The summed E-state index contributed by atoms with van der Waals surface area (Å²) in [7, 11) is 0. The fourth-order valence-electron chi connectivity index (χ4n) is 1.59. The molecule has 1 aromatic carbocycles. The van der Waals surface area contributed by atoms with Gasteiger partial charge < -0.3 is 15.4 Å². The second kappa shape index (κ2) is 7.68. The smallest absolute Gasteiger partial charge is 0.387 e. The Kier molecular flexibility index (Phi) is 6.23. The van der Waals surface area contributed by atoms with Crippen LogP contribution in [0.4, 0.5) is 17.6 Å². The van der Waals surface area contributed by atoms with Gasteiger partial charge in [0.15, 0.2) is 0 Å². The van der Waals surface area contributed by atoms with Gasteiger partial charge in [-0.1, -0.05) is 6.07 Å². The number of hydrogen-bond donors (Lipinski definition) is 1. The van der Waals surface area contributed by atoms with E-state index < -0.39 is 25.5 Å². The SMILES string of the molecule is NCCN(CC(F)F)C(=O)c1cccc(OC(F)F)c1. The number of benzene rings is 1. The molecule has 4 nitrogen and oxygen atoms in total. The van der Waals surface area contributed by atoms with Gasteiger partial charge in [0.2, 0.25) is 0 Å². The Morgan fingerprint density at radius 3 is 2.55 bits per heavy atom. The second-order valence-corrected chi connectivity index (χ2v) is 3.84. The zero-order valence-corrected chi connectivity index (χ0v) is 10.4. The van der Waals surface area contributed by atoms with Crippen LogP contribution in [0.5, 0.6) is 5.75 Å². The number of hydrogen-bond acceptors (Lipinski definition) is 3. The first kappa shape index (κ1) is 16.2. The highest BCUT2D eigenvalue weighted by molar-refractivity contribution is 5.94. The molecule has 0 bridgehead atoms. The predicted molar refractivity (Wildman–Crippen MR) is 64.0 cm³/mol. The molecule has 8 heteroatoms. The van der Waals surface area contributed by atoms with E-state index in [2.05, 4.69) is 4.74 Å². The van der Waals surface area contributed by atoms with Crippen molar-refractivity contribution in [1.29, 1.82) is 0 Å². The topological polar surface area (TPSA) is 55.6 Å². The van der Waals surface area contributed by atoms with Gasteiger partial charge >= 0.3 is 6.61 Å². The van der Waals surface area contributed by atoms with Gasteiger partial charge in [-0.05, 0) is 18.2 Å². The number of carbonyl (C=O) groups excluding carboxylic acids is 1. The third-order valence-corrected chi connectivity index (χ3v) is 2.35. The normalized spacial score (nSPS) is 10.9. The first-order chi connectivity index (χ1) is 9.43. The van der Waals surface area contributed by atoms with Gasteiger partial charge in [-0.3, -0.25) is 4.79 Å². The largest absolute Gasteiger partial charge is 0.435 e. The average Bonchev–Trinajstić information content (AvgIpc) is 2.36. The van der Waals surface area contributed by atoms with Gasteiger partial charge in [0.1, 0.15) is 5.75 Å². The molecule has 0 fully saturated rings. The van der Waals surface area contributed by atoms with E-state index in [-0.39, 0.29) is 24.4 Å². The highest BCUT2D eigenvalue weighted by atomic mass is 19.3. The third kappa shape index (κ3) is 5.04. The lowest BCUT2D eigenvalue weighted by Crippen LogP contribution is -2.38. The number of nitrogens with zero attached hydrogens (tertiary/aromatic N) is 1. The monoisotopic (exact) mass is 294 g/mol. The Morgan fingerprint density at radius 2 is 2.00 bits per heavy atom. The Hall–Kier alpha value is -1.83. The highest BCUT2D eigenvalue weighted by Crippen LogP contribution is 2.17. The van der Waals surface area contributed by atoms with E-state index in [1.807, 2.05) is 0 Å². The molecule has 112 valence electrons. The standard InChI is InChI=1S/C12H14F4N2O2/c13-10(14)7-18(5-4-17)11(19)8-2-1-3-9(6-8)20-12(15)16/h1-3,6,10,12H,4-5,7,17H2. The molecular weight excluding hydrogens is 280 g/mol. The first-order valence-corrected chi connectivity index (χ1v) is 5.76. The van der Waals surface area contributed by atoms with Crippen LogP contribution in [0.2, 0.25) is 0 Å². The molecule has 2 N–H and O–H groups in total. The Labute approximate surface area is 113 Å². The van der Waals surface area contributed by atoms with Crippen LogP contribution < -0.4 is 10.5 Å². The van der Waals surface area contributed by atoms with Crippen molar-refractivity contribution in [2.45, 2.75) is 13.0 Å². The molecule has 1 amide bonds. The number of rotatable bonds is 7. The fraction of sp³-hybridized carbons (Fsp3) is 0.417. The minimum Gasteiger partial charge on any atom is -0.435 e. The van der Waals surface area contributed by atoms with Gasteiger partial charge in [0.05, 0.1) is 6.54 Å². The van der Waals surface area contributed by atoms with Crippen molar-refractivity contribution in [3.05, 3.63) is 29.8 Å². The third-order valence-electron chi connectivity index (χ3n) is 2.35. The van der Waals surface area contributed by atoms with E-state index in [0.717, 1.165) is 11.0 Å². The van der Waals surface area contributed by atoms with Crippen LogP contribution in [-0.4, -0.2) is 43.5 Å². The van der Waals surface area contributed by atoms with Crippen molar-refractivity contribution in [3.63, 3.8) is 0 Å². The maximum atomic E-state index is 12.4. The molecule has 1 aromatic rings. The summed E-state index contributed by atoms with van der Waals surface area (Å²) in [5.41, 5.74) is 5.24. The fourth-order valence-corrected chi connectivity index (χ4v) is 1.59. The lowest BCUT2D eigenvalue weighted by atomic mass is 10.2. The van der Waals surface area contributed by atoms with E-state index in [4.69, 9.17) is 5.73 Å². The molecular formula is C12H14F4N2O2. The number of nitrogens with two attached hydrogens (primary N) is 1. The molecule has 1 rings (SSSR count). The van der Waals surface area contributed by atoms with Gasteiger partial charge in [-0.25, -0.2) is 8.78 Å². The molecule has 0 saturated heterocycles. The van der Waals surface area contributed by atoms with Crippen molar-refractivity contribution in [2.75, 3.05) is 19.6 Å². The van der Waals surface area contributed by atoms with E-state index in [9.17, 15) is 22.4 Å². The molecule has 0 unspecified atom stereocenters. The molecule has 0 spiro atoms. The zero-order chi connectivity index (χ0) is 15.1. The summed E-state index contributed by atoms with van der Waals surface area (Å²) in [5, 5.41) is 0. The molecule has 0 saturated carbocycles. The Bertz CT molecular complexity index is 443. The van der Waals surface area contributed by atoms with Crippen LogP contribution in [-0.2, 0) is 0 Å². The lowest BCUT2D eigenvalue weighted by molar-refractivity contribution is -0.0499. The minimum absolute atomic E-state index is 0.0164. The number of alkyl halides is 4. The van der Waals surface area contributed by atoms with Crippen molar-refractivity contribution < 1.29 is 27.1 Å². The van der Waals surface area contributed by atoms with Gasteiger partial charge in [-0.2, -0.15) is 8.78 Å². The molecule has 0 atom stereocenters. The molecule has 0 heterocycles. The summed E-state index contributed by atoms with van der Waals surface area (Å²) in [6.45, 7) is -3.83. The number of ether oxygens (including phenoxy) is 1. The van der Waals surface area contributed by atoms with Crippen molar-refractivity contribution in [3.8, 4) is 5.75 Å². The minimum atomic E-state index is -3.03. The summed E-state index contributed by atoms with van der Waals surface area (Å²) in [5.74, 6) is -0.925. The molecule has 0 radical (unpaired) electrons. The maximum Gasteiger partial charge on any atom is 0.387 e. The molecule has 0 aliphatic carbocycles. The molecule has 0 aromatic heterocycles. The van der Waals surface area contributed by atoms with Gasteiger partial charge in [0, 0.05) is 18.7 Å². The number of halogens is 4. The van der Waals surface area contributed by atoms with Crippen LogP contribution >= 0.6 is 0 Å². The summed E-state index contributed by atoms with van der Waals surface area (Å²) in [6.07, 6.45) is -2.70. The van der Waals surface area contributed by atoms with Crippen LogP contribution in [0.15, 0.2) is 24.3 Å². The summed E-state index contributed by atoms with van der Waals surface area (Å²) >= 11 is 0. The molecule has 0 aliphatic rings. The zero-order valence-electron chi connectivity index (χ0n) is 10.4. The number of amides is 1. The maximum absolute atomic E-state index is 12.4. The Balaban J connectivity index is 2.87. The Morgan fingerprint density at radius 1 is 1.30 bits per heavy atom. The summed E-state index contributed by atoms with van der Waals surface area (Å²) in [6, 6.07) is 4.97. The van der Waals surface area contributed by atoms with Crippen LogP contribution in [0.3, 0.4) is 0 Å². The van der Waals surface area contributed by atoms with E-state index in [0.29, 0.717) is 0 Å². The average molecular weight is 294 g/mol. The second-order valence-electron chi connectivity index (χ2n) is 3.84. The van der Waals surface area contributed by atoms with Crippen molar-refractivity contribution >= 4 is 5.91 Å². The lowest BCUT2D eigenvalue weighted by Gasteiger charge is -2.21. The van der Waals surface area contributed by atoms with Crippen LogP contribution in [0.1, 0.15) is 10.4 Å². The predicted octanol–water partition coefficient (Wildman–Crippen LogP) is 1.95. The van der Waals surface area contributed by atoms with E-state index >= 15 is 0 Å². The van der Waals surface area contributed by atoms with Crippen molar-refractivity contribution in [1.82, 2.24) is 4.90 Å². The summed E-state index contributed by atoms with van der Waals surface area (Å²) < 4.78 is 53.0. The first-order valence-electron chi connectivity index (χ1n) is 5.76. The van der Waals surface area contributed by atoms with E-state index in [1.165, 1.54) is 18.2 Å². The number of carbonyl (C=O) groups is 1. The highest BCUT2D eigenvalue weighted by Gasteiger charge is 2.19. The summed E-state index contributed by atoms with van der Waals surface area (Å²) in [4.78, 5) is 12.9. The molecule has 20 heavy (non-hydrogen) atoms. The van der Waals surface area contributed by atoms with Crippen molar-refractivity contribution in [2.24, 2.45) is 5.73 Å². The van der Waals surface area contributed by atoms with Crippen LogP contribution in [0, 0.1) is 0 Å². The van der Waals surface area contributed by atoms with Gasteiger partial charge in [0.25, 0.3) is 12.3 Å². The van der Waals surface area contributed by atoms with Gasteiger partial charge in [-0.15, -0.1) is 0 Å². The van der Waals surface area contributed by atoms with E-state index in [1.54, 1.807) is 0 Å². The van der Waals surface area contributed by atoms with Crippen LogP contribution in [0.25, 0.3) is 0 Å². The quantitative estimate of drug-likeness (QED) is 0.782.